The molecule has 3 aromatic rings. The largest absolute Gasteiger partial charge is 0.497 e. The Kier molecular flexibility index (Phi) is 4.95. The Balaban J connectivity index is 1.90. The van der Waals surface area contributed by atoms with E-state index in [0.717, 1.165) is 22.6 Å². The van der Waals surface area contributed by atoms with Crippen molar-refractivity contribution in [2.45, 2.75) is 0 Å². The Labute approximate surface area is 151 Å². The van der Waals surface area contributed by atoms with E-state index in [9.17, 15) is 0 Å². The topological polar surface area (TPSA) is 58.4 Å². The van der Waals surface area contributed by atoms with Gasteiger partial charge in [-0.05, 0) is 66.3 Å². The summed E-state index contributed by atoms with van der Waals surface area (Å²) in [6, 6.07) is 15.7. The van der Waals surface area contributed by atoms with Gasteiger partial charge < -0.3 is 9.64 Å². The SMILES string of the molecule is COc1ccc(/C=N/n2c(-c3ccc(N(C)C)cc3)n[nH]c2=S)cc1. The fraction of sp³-hybridized carbons (Fsp3) is 0.167. The van der Waals surface area contributed by atoms with Gasteiger partial charge in [0.1, 0.15) is 5.75 Å². The number of nitrogens with zero attached hydrogens (tertiary/aromatic N) is 4. The first-order valence-corrected chi connectivity index (χ1v) is 8.13. The van der Waals surface area contributed by atoms with Crippen LogP contribution in [0.15, 0.2) is 53.6 Å². The minimum atomic E-state index is 0.441. The second-order valence-corrected chi connectivity index (χ2v) is 6.01. The third-order valence-electron chi connectivity index (χ3n) is 3.73. The highest BCUT2D eigenvalue weighted by Gasteiger charge is 2.08. The predicted molar refractivity (Wildman–Crippen MR) is 103 cm³/mol. The molecule has 0 atom stereocenters. The number of hydrogen-bond acceptors (Lipinski definition) is 5. The minimum Gasteiger partial charge on any atom is -0.497 e. The predicted octanol–water partition coefficient (Wildman–Crippen LogP) is 3.56. The molecule has 0 aliphatic rings. The van der Waals surface area contributed by atoms with Gasteiger partial charge >= 0.3 is 0 Å². The third kappa shape index (κ3) is 3.77. The second kappa shape index (κ2) is 7.31. The third-order valence-corrected chi connectivity index (χ3v) is 3.99. The highest BCUT2D eigenvalue weighted by atomic mass is 32.1. The lowest BCUT2D eigenvalue weighted by atomic mass is 10.2. The molecule has 2 aromatic carbocycles. The van der Waals surface area contributed by atoms with E-state index in [1.54, 1.807) is 18.0 Å². The van der Waals surface area contributed by atoms with Crippen LogP contribution < -0.4 is 9.64 Å². The molecule has 0 unspecified atom stereocenters. The molecule has 6 nitrogen and oxygen atoms in total. The van der Waals surface area contributed by atoms with Crippen molar-refractivity contribution in [2.75, 3.05) is 26.1 Å². The molecule has 0 saturated carbocycles. The summed E-state index contributed by atoms with van der Waals surface area (Å²) in [7, 11) is 5.65. The molecule has 25 heavy (non-hydrogen) atoms. The van der Waals surface area contributed by atoms with E-state index in [0.29, 0.717) is 10.6 Å². The molecule has 0 radical (unpaired) electrons. The van der Waals surface area contributed by atoms with Gasteiger partial charge in [-0.25, -0.2) is 5.10 Å². The zero-order chi connectivity index (χ0) is 17.8. The van der Waals surface area contributed by atoms with Gasteiger partial charge in [0.05, 0.1) is 13.3 Å². The van der Waals surface area contributed by atoms with Crippen LogP contribution in [0.1, 0.15) is 5.56 Å². The molecule has 3 rings (SSSR count). The van der Waals surface area contributed by atoms with Crippen LogP contribution in [0, 0.1) is 4.77 Å². The van der Waals surface area contributed by atoms with Crippen LogP contribution in [0.25, 0.3) is 11.4 Å². The molecular weight excluding hydrogens is 334 g/mol. The summed E-state index contributed by atoms with van der Waals surface area (Å²) in [5, 5.41) is 11.6. The molecule has 1 N–H and O–H groups in total. The zero-order valence-corrected chi connectivity index (χ0v) is 15.1. The molecule has 0 aliphatic carbocycles. The van der Waals surface area contributed by atoms with Gasteiger partial charge in [0, 0.05) is 25.3 Å². The van der Waals surface area contributed by atoms with Crippen LogP contribution in [0.3, 0.4) is 0 Å². The average molecular weight is 353 g/mol. The first-order chi connectivity index (χ1) is 12.1. The lowest BCUT2D eigenvalue weighted by molar-refractivity contribution is 0.415. The van der Waals surface area contributed by atoms with Crippen LogP contribution in [-0.2, 0) is 0 Å². The Morgan fingerprint density at radius 1 is 1.12 bits per heavy atom. The maximum atomic E-state index is 5.30. The monoisotopic (exact) mass is 353 g/mol. The number of rotatable bonds is 5. The van der Waals surface area contributed by atoms with Gasteiger partial charge in [-0.3, -0.25) is 0 Å². The van der Waals surface area contributed by atoms with Gasteiger partial charge in [-0.2, -0.15) is 14.9 Å². The summed E-state index contributed by atoms with van der Waals surface area (Å²) in [5.74, 6) is 1.47. The molecule has 128 valence electrons. The number of aromatic amines is 1. The molecule has 0 bridgehead atoms. The fourth-order valence-corrected chi connectivity index (χ4v) is 2.49. The molecule has 0 saturated heterocycles. The second-order valence-electron chi connectivity index (χ2n) is 5.62. The van der Waals surface area contributed by atoms with Crippen molar-refractivity contribution in [3.8, 4) is 17.1 Å². The van der Waals surface area contributed by atoms with Gasteiger partial charge in [0.15, 0.2) is 5.82 Å². The van der Waals surface area contributed by atoms with E-state index in [1.807, 2.05) is 67.5 Å². The average Bonchev–Trinajstić information content (AvgIpc) is 3.01. The van der Waals surface area contributed by atoms with E-state index in [2.05, 4.69) is 15.3 Å². The number of H-pyrrole nitrogens is 1. The fourth-order valence-electron chi connectivity index (χ4n) is 2.31. The zero-order valence-electron chi connectivity index (χ0n) is 14.3. The van der Waals surface area contributed by atoms with Crippen molar-refractivity contribution in [3.63, 3.8) is 0 Å². The van der Waals surface area contributed by atoms with Crippen molar-refractivity contribution in [1.29, 1.82) is 0 Å². The number of aromatic nitrogens is 3. The van der Waals surface area contributed by atoms with Gasteiger partial charge in [-0.1, -0.05) is 0 Å². The lowest BCUT2D eigenvalue weighted by Gasteiger charge is -2.12. The smallest absolute Gasteiger partial charge is 0.216 e. The Hall–Kier alpha value is -2.93. The van der Waals surface area contributed by atoms with Crippen molar-refractivity contribution in [1.82, 2.24) is 14.9 Å². The van der Waals surface area contributed by atoms with E-state index >= 15 is 0 Å². The number of anilines is 1. The molecule has 0 amide bonds. The first-order valence-electron chi connectivity index (χ1n) is 7.72. The van der Waals surface area contributed by atoms with Crippen LogP contribution in [-0.4, -0.2) is 42.3 Å². The summed E-state index contributed by atoms with van der Waals surface area (Å²) in [5.41, 5.74) is 2.99. The van der Waals surface area contributed by atoms with Crippen LogP contribution in [0.5, 0.6) is 5.75 Å². The summed E-state index contributed by atoms with van der Waals surface area (Å²) in [4.78, 5) is 2.04. The maximum Gasteiger partial charge on any atom is 0.216 e. The maximum absolute atomic E-state index is 5.30. The molecule has 1 aromatic heterocycles. The van der Waals surface area contributed by atoms with E-state index in [4.69, 9.17) is 17.0 Å². The van der Waals surface area contributed by atoms with Crippen molar-refractivity contribution in [2.24, 2.45) is 5.10 Å². The summed E-state index contributed by atoms with van der Waals surface area (Å²) < 4.78 is 7.21. The van der Waals surface area contributed by atoms with Crippen molar-refractivity contribution < 1.29 is 4.74 Å². The Morgan fingerprint density at radius 3 is 2.40 bits per heavy atom. The molecule has 0 spiro atoms. The van der Waals surface area contributed by atoms with Crippen LogP contribution >= 0.6 is 12.2 Å². The van der Waals surface area contributed by atoms with Crippen molar-refractivity contribution in [3.05, 3.63) is 58.9 Å². The molecule has 1 heterocycles. The van der Waals surface area contributed by atoms with Gasteiger partial charge in [0.2, 0.25) is 4.77 Å². The van der Waals surface area contributed by atoms with E-state index in [1.165, 1.54) is 0 Å². The molecular formula is C18H19N5OS. The van der Waals surface area contributed by atoms with Crippen LogP contribution in [0.4, 0.5) is 5.69 Å². The highest BCUT2D eigenvalue weighted by molar-refractivity contribution is 7.71. The van der Waals surface area contributed by atoms with E-state index < -0.39 is 0 Å². The van der Waals surface area contributed by atoms with E-state index in [-0.39, 0.29) is 0 Å². The number of hydrogen-bond donors (Lipinski definition) is 1. The standard InChI is InChI=1S/C18H19N5OS/c1-22(2)15-8-6-14(7-9-15)17-20-21-18(25)23(17)19-12-13-4-10-16(24-3)11-5-13/h4-12H,1-3H3,(H,21,25)/b19-12+. The summed E-state index contributed by atoms with van der Waals surface area (Å²) >= 11 is 5.30. The number of methoxy groups -OCH3 is 1. The quantitative estimate of drug-likeness (QED) is 0.563. The van der Waals surface area contributed by atoms with Crippen LogP contribution in [0.2, 0.25) is 0 Å². The lowest BCUT2D eigenvalue weighted by Crippen LogP contribution is -2.08. The number of ether oxygens (including phenoxy) is 1. The highest BCUT2D eigenvalue weighted by Crippen LogP contribution is 2.21. The molecule has 0 aliphatic heterocycles. The Bertz CT molecular complexity index is 923. The minimum absolute atomic E-state index is 0.441. The number of benzene rings is 2. The normalized spacial score (nSPS) is 11.0. The first kappa shape index (κ1) is 16.9. The number of nitrogens with one attached hydrogen (secondary N) is 1. The Morgan fingerprint density at radius 2 is 1.80 bits per heavy atom. The van der Waals surface area contributed by atoms with Gasteiger partial charge in [0.25, 0.3) is 0 Å². The summed E-state index contributed by atoms with van der Waals surface area (Å²) in [6.45, 7) is 0. The summed E-state index contributed by atoms with van der Waals surface area (Å²) in [6.07, 6.45) is 1.74. The van der Waals surface area contributed by atoms with Gasteiger partial charge in [-0.15, -0.1) is 0 Å². The van der Waals surface area contributed by atoms with Crippen molar-refractivity contribution >= 4 is 24.1 Å². The molecule has 7 heteroatoms. The molecule has 0 fully saturated rings.